The Morgan fingerprint density at radius 1 is 1.16 bits per heavy atom. The smallest absolute Gasteiger partial charge is 0.251 e. The van der Waals surface area contributed by atoms with Gasteiger partial charge in [-0.05, 0) is 31.0 Å². The monoisotopic (exact) mass is 363 g/mol. The summed E-state index contributed by atoms with van der Waals surface area (Å²) in [5.74, 6) is -0.106. The topological polar surface area (TPSA) is 29.1 Å². The summed E-state index contributed by atoms with van der Waals surface area (Å²) in [6, 6.07) is 4.92. The minimum absolute atomic E-state index is 0.106. The number of carbonyl (C=O) groups excluding carboxylic acids is 1. The molecule has 0 saturated heterocycles. The Morgan fingerprint density at radius 2 is 1.74 bits per heavy atom. The molecule has 1 amide bonds. The van der Waals surface area contributed by atoms with Crippen molar-refractivity contribution in [2.45, 2.75) is 37.6 Å². The molecule has 2 nitrogen and oxygen atoms in total. The summed E-state index contributed by atoms with van der Waals surface area (Å²) >= 11 is 15.4. The largest absolute Gasteiger partial charge is 0.346 e. The Hall–Kier alpha value is -0.250. The molecule has 104 valence electrons. The maximum Gasteiger partial charge on any atom is 0.251 e. The molecule has 1 fully saturated rings. The van der Waals surface area contributed by atoms with Crippen molar-refractivity contribution in [1.82, 2.24) is 5.32 Å². The third-order valence-electron chi connectivity index (χ3n) is 3.57. The van der Waals surface area contributed by atoms with Crippen LogP contribution in [0.15, 0.2) is 18.2 Å². The number of alkyl halides is 1. The first-order chi connectivity index (χ1) is 9.04. The van der Waals surface area contributed by atoms with E-state index in [-0.39, 0.29) is 11.4 Å². The minimum Gasteiger partial charge on any atom is -0.346 e. The first-order valence-corrected chi connectivity index (χ1v) is 8.27. The van der Waals surface area contributed by atoms with E-state index in [1.807, 2.05) is 0 Å². The number of amides is 1. The fourth-order valence-corrected chi connectivity index (χ4v) is 3.75. The number of benzene rings is 1. The molecule has 1 N–H and O–H groups in total. The molecule has 2 rings (SSSR count). The van der Waals surface area contributed by atoms with Gasteiger partial charge in [0.05, 0.1) is 5.54 Å². The van der Waals surface area contributed by atoms with E-state index in [2.05, 4.69) is 21.2 Å². The van der Waals surface area contributed by atoms with Crippen LogP contribution in [0.1, 0.15) is 42.5 Å². The van der Waals surface area contributed by atoms with Crippen LogP contribution in [0.25, 0.3) is 0 Å². The minimum atomic E-state index is -0.135. The Bertz CT molecular complexity index is 452. The summed E-state index contributed by atoms with van der Waals surface area (Å²) in [6.07, 6.45) is 5.58. The molecule has 0 radical (unpaired) electrons. The summed E-state index contributed by atoms with van der Waals surface area (Å²) in [5.41, 5.74) is 0.382. The van der Waals surface area contributed by atoms with Gasteiger partial charge in [0.25, 0.3) is 5.91 Å². The molecule has 0 unspecified atom stereocenters. The molecule has 1 saturated carbocycles. The van der Waals surface area contributed by atoms with Gasteiger partial charge < -0.3 is 5.32 Å². The van der Waals surface area contributed by atoms with Gasteiger partial charge in [-0.15, -0.1) is 0 Å². The highest BCUT2D eigenvalue weighted by molar-refractivity contribution is 9.09. The molecular weight excluding hydrogens is 349 g/mol. The highest BCUT2D eigenvalue weighted by atomic mass is 79.9. The maximum absolute atomic E-state index is 12.3. The van der Waals surface area contributed by atoms with Crippen LogP contribution in [-0.4, -0.2) is 16.8 Å². The van der Waals surface area contributed by atoms with E-state index in [4.69, 9.17) is 23.2 Å². The van der Waals surface area contributed by atoms with E-state index < -0.39 is 0 Å². The summed E-state index contributed by atoms with van der Waals surface area (Å²) in [7, 11) is 0. The van der Waals surface area contributed by atoms with Crippen molar-refractivity contribution in [2.24, 2.45) is 0 Å². The standard InChI is InChI=1S/C14H16BrCl2NO/c15-9-14(4-2-1-3-5-14)18-13(19)10-6-11(16)8-12(17)7-10/h6-8H,1-5,9H2,(H,18,19). The summed E-state index contributed by atoms with van der Waals surface area (Å²) < 4.78 is 0. The second-order valence-corrected chi connectivity index (χ2v) is 6.52. The quantitative estimate of drug-likeness (QED) is 0.765. The molecule has 0 atom stereocenters. The van der Waals surface area contributed by atoms with Gasteiger partial charge >= 0.3 is 0 Å². The first kappa shape index (κ1) is 15.1. The van der Waals surface area contributed by atoms with E-state index in [1.54, 1.807) is 18.2 Å². The first-order valence-electron chi connectivity index (χ1n) is 6.39. The average Bonchev–Trinajstić information content (AvgIpc) is 2.38. The molecule has 1 aromatic carbocycles. The second-order valence-electron chi connectivity index (χ2n) is 5.09. The van der Waals surface area contributed by atoms with Crippen molar-refractivity contribution in [2.75, 3.05) is 5.33 Å². The van der Waals surface area contributed by atoms with Crippen LogP contribution in [0.3, 0.4) is 0 Å². The number of nitrogens with one attached hydrogen (secondary N) is 1. The van der Waals surface area contributed by atoms with Crippen molar-refractivity contribution in [3.8, 4) is 0 Å². The van der Waals surface area contributed by atoms with Crippen LogP contribution in [0.2, 0.25) is 10.0 Å². The Labute approximate surface area is 132 Å². The van der Waals surface area contributed by atoms with E-state index in [9.17, 15) is 4.79 Å². The van der Waals surface area contributed by atoms with Gasteiger partial charge in [-0.3, -0.25) is 4.79 Å². The third kappa shape index (κ3) is 3.87. The molecule has 19 heavy (non-hydrogen) atoms. The van der Waals surface area contributed by atoms with Crippen LogP contribution in [-0.2, 0) is 0 Å². The van der Waals surface area contributed by atoms with E-state index in [1.165, 1.54) is 6.42 Å². The lowest BCUT2D eigenvalue weighted by molar-refractivity contribution is 0.0886. The van der Waals surface area contributed by atoms with E-state index in [0.717, 1.165) is 31.0 Å². The van der Waals surface area contributed by atoms with Crippen LogP contribution in [0, 0.1) is 0 Å². The summed E-state index contributed by atoms with van der Waals surface area (Å²) in [5, 5.41) is 4.89. The molecule has 0 heterocycles. The molecule has 0 spiro atoms. The number of hydrogen-bond donors (Lipinski definition) is 1. The highest BCUT2D eigenvalue weighted by Gasteiger charge is 2.32. The van der Waals surface area contributed by atoms with Crippen LogP contribution < -0.4 is 5.32 Å². The molecule has 1 aliphatic carbocycles. The van der Waals surface area contributed by atoms with E-state index in [0.29, 0.717) is 15.6 Å². The van der Waals surface area contributed by atoms with Crippen molar-refractivity contribution >= 4 is 45.0 Å². The van der Waals surface area contributed by atoms with Gasteiger partial charge in [0.2, 0.25) is 0 Å². The molecule has 1 aliphatic rings. The average molecular weight is 365 g/mol. The predicted molar refractivity (Wildman–Crippen MR) is 83.5 cm³/mol. The number of carbonyl (C=O) groups is 1. The zero-order valence-corrected chi connectivity index (χ0v) is 13.6. The Balaban J connectivity index is 2.15. The van der Waals surface area contributed by atoms with Crippen molar-refractivity contribution < 1.29 is 4.79 Å². The summed E-state index contributed by atoms with van der Waals surface area (Å²) in [4.78, 5) is 12.3. The van der Waals surface area contributed by atoms with Crippen molar-refractivity contribution in [3.63, 3.8) is 0 Å². The molecule has 0 aliphatic heterocycles. The molecule has 0 bridgehead atoms. The predicted octanol–water partition coefficient (Wildman–Crippen LogP) is 4.82. The van der Waals surface area contributed by atoms with Gasteiger partial charge in [0, 0.05) is 20.9 Å². The Kier molecular flexibility index (Phi) is 5.15. The van der Waals surface area contributed by atoms with E-state index >= 15 is 0 Å². The normalized spacial score (nSPS) is 18.1. The highest BCUT2D eigenvalue weighted by Crippen LogP contribution is 2.30. The van der Waals surface area contributed by atoms with Gasteiger partial charge in [-0.2, -0.15) is 0 Å². The third-order valence-corrected chi connectivity index (χ3v) is 5.08. The number of halogens is 3. The SMILES string of the molecule is O=C(NC1(CBr)CCCCC1)c1cc(Cl)cc(Cl)c1. The number of hydrogen-bond acceptors (Lipinski definition) is 1. The lowest BCUT2D eigenvalue weighted by Gasteiger charge is -2.36. The van der Waals surface area contributed by atoms with Crippen molar-refractivity contribution in [1.29, 1.82) is 0 Å². The van der Waals surface area contributed by atoms with Crippen molar-refractivity contribution in [3.05, 3.63) is 33.8 Å². The second kappa shape index (κ2) is 6.47. The van der Waals surface area contributed by atoms with Gasteiger partial charge in [-0.1, -0.05) is 58.4 Å². The molecular formula is C14H16BrCl2NO. The van der Waals surface area contributed by atoms with Crippen LogP contribution in [0.4, 0.5) is 0 Å². The zero-order chi connectivity index (χ0) is 13.9. The fraction of sp³-hybridized carbons (Fsp3) is 0.500. The molecule has 0 aromatic heterocycles. The lowest BCUT2D eigenvalue weighted by atomic mass is 9.83. The maximum atomic E-state index is 12.3. The van der Waals surface area contributed by atoms with Gasteiger partial charge in [0.15, 0.2) is 0 Å². The fourth-order valence-electron chi connectivity index (χ4n) is 2.52. The lowest BCUT2D eigenvalue weighted by Crippen LogP contribution is -2.51. The van der Waals surface area contributed by atoms with Crippen LogP contribution in [0.5, 0.6) is 0 Å². The van der Waals surface area contributed by atoms with Gasteiger partial charge in [0.1, 0.15) is 0 Å². The van der Waals surface area contributed by atoms with Gasteiger partial charge in [-0.25, -0.2) is 0 Å². The van der Waals surface area contributed by atoms with Crippen LogP contribution >= 0.6 is 39.1 Å². The Morgan fingerprint density at radius 3 is 2.26 bits per heavy atom. The number of rotatable bonds is 3. The molecule has 1 aromatic rings. The summed E-state index contributed by atoms with van der Waals surface area (Å²) in [6.45, 7) is 0. The molecule has 5 heteroatoms. The zero-order valence-electron chi connectivity index (χ0n) is 10.5.